The highest BCUT2D eigenvalue weighted by Gasteiger charge is 2.26. The van der Waals surface area contributed by atoms with Gasteiger partial charge in [-0.1, -0.05) is 23.2 Å². The zero-order valence-corrected chi connectivity index (χ0v) is 11.3. The third-order valence-electron chi connectivity index (χ3n) is 2.90. The minimum Gasteiger partial charge on any atom is -0.370 e. The minimum atomic E-state index is -0.542. The third-order valence-corrected chi connectivity index (χ3v) is 3.52. The monoisotopic (exact) mass is 291 g/mol. The molecule has 0 unspecified atom stereocenters. The Labute approximate surface area is 114 Å². The van der Waals surface area contributed by atoms with Gasteiger partial charge in [0.15, 0.2) is 0 Å². The second kappa shape index (κ2) is 5.43. The molecule has 1 amide bonds. The zero-order chi connectivity index (χ0) is 13.3. The van der Waals surface area contributed by atoms with Crippen molar-refractivity contribution < 1.29 is 13.9 Å². The molecule has 1 aliphatic rings. The fourth-order valence-electron chi connectivity index (χ4n) is 1.91. The number of hydrogen-bond donors (Lipinski definition) is 0. The highest BCUT2D eigenvalue weighted by atomic mass is 35.5. The van der Waals surface area contributed by atoms with Crippen molar-refractivity contribution in [2.75, 3.05) is 19.7 Å². The first-order valence-electron chi connectivity index (χ1n) is 5.50. The number of ether oxygens (including phenoxy) is 1. The number of nitrogens with zero attached hydrogens (tertiary/aromatic N) is 1. The Morgan fingerprint density at radius 2 is 2.17 bits per heavy atom. The van der Waals surface area contributed by atoms with Crippen molar-refractivity contribution in [3.63, 3.8) is 0 Å². The summed E-state index contributed by atoms with van der Waals surface area (Å²) in [5.41, 5.74) is 0.518. The van der Waals surface area contributed by atoms with Crippen molar-refractivity contribution in [2.24, 2.45) is 0 Å². The molecule has 0 radical (unpaired) electrons. The Hall–Kier alpha value is -0.840. The maximum atomic E-state index is 13.4. The Bertz CT molecular complexity index is 481. The maximum Gasteiger partial charge on any atom is 0.219 e. The van der Waals surface area contributed by atoms with Crippen molar-refractivity contribution in [1.29, 1.82) is 0 Å². The van der Waals surface area contributed by atoms with Crippen LogP contribution in [0.4, 0.5) is 4.39 Å². The average molecular weight is 292 g/mol. The van der Waals surface area contributed by atoms with Gasteiger partial charge in [-0.25, -0.2) is 4.39 Å². The Balaban J connectivity index is 2.26. The first-order chi connectivity index (χ1) is 8.49. The van der Waals surface area contributed by atoms with Crippen molar-refractivity contribution in [1.82, 2.24) is 4.90 Å². The van der Waals surface area contributed by atoms with Crippen LogP contribution < -0.4 is 0 Å². The van der Waals surface area contributed by atoms with E-state index in [2.05, 4.69) is 0 Å². The molecular weight excluding hydrogens is 280 g/mol. The molecule has 18 heavy (non-hydrogen) atoms. The van der Waals surface area contributed by atoms with Gasteiger partial charge in [0.05, 0.1) is 18.2 Å². The van der Waals surface area contributed by atoms with E-state index in [-0.39, 0.29) is 10.9 Å². The van der Waals surface area contributed by atoms with Crippen LogP contribution in [0.25, 0.3) is 0 Å². The predicted octanol–water partition coefficient (Wildman–Crippen LogP) is 3.05. The lowest BCUT2D eigenvalue weighted by Gasteiger charge is -2.32. The van der Waals surface area contributed by atoms with E-state index in [1.165, 1.54) is 19.1 Å². The lowest BCUT2D eigenvalue weighted by molar-refractivity contribution is -0.136. The molecule has 1 atom stereocenters. The summed E-state index contributed by atoms with van der Waals surface area (Å²) in [5, 5.41) is 0.319. The lowest BCUT2D eigenvalue weighted by Crippen LogP contribution is -2.41. The number of hydrogen-bond acceptors (Lipinski definition) is 2. The highest BCUT2D eigenvalue weighted by Crippen LogP contribution is 2.32. The summed E-state index contributed by atoms with van der Waals surface area (Å²) in [5.74, 6) is -0.575. The number of halogens is 3. The van der Waals surface area contributed by atoms with Crippen LogP contribution in [0.1, 0.15) is 18.6 Å². The normalized spacial score (nSPS) is 20.0. The summed E-state index contributed by atoms with van der Waals surface area (Å²) in [6.45, 7) is 2.81. The molecule has 0 aromatic heterocycles. The topological polar surface area (TPSA) is 29.5 Å². The molecule has 0 bridgehead atoms. The van der Waals surface area contributed by atoms with Gasteiger partial charge in [0.2, 0.25) is 5.91 Å². The van der Waals surface area contributed by atoms with Crippen LogP contribution in [0, 0.1) is 5.82 Å². The molecule has 1 aromatic carbocycles. The molecule has 98 valence electrons. The average Bonchev–Trinajstić information content (AvgIpc) is 2.34. The molecule has 0 spiro atoms. The molecule has 0 N–H and O–H groups in total. The van der Waals surface area contributed by atoms with Gasteiger partial charge in [0, 0.05) is 24.1 Å². The van der Waals surface area contributed by atoms with E-state index in [1.54, 1.807) is 4.90 Å². The Kier molecular flexibility index (Phi) is 4.10. The van der Waals surface area contributed by atoms with Gasteiger partial charge >= 0.3 is 0 Å². The minimum absolute atomic E-state index is 0.0250. The second-order valence-electron chi connectivity index (χ2n) is 4.11. The molecule has 3 nitrogen and oxygen atoms in total. The van der Waals surface area contributed by atoms with Crippen LogP contribution in [-0.4, -0.2) is 30.5 Å². The number of morpholine rings is 1. The van der Waals surface area contributed by atoms with E-state index >= 15 is 0 Å². The molecule has 1 aliphatic heterocycles. The zero-order valence-electron chi connectivity index (χ0n) is 9.75. The van der Waals surface area contributed by atoms with E-state index in [0.717, 1.165) is 0 Å². The molecule has 2 rings (SSSR count). The Morgan fingerprint density at radius 1 is 1.44 bits per heavy atom. The largest absolute Gasteiger partial charge is 0.370 e. The first-order valence-corrected chi connectivity index (χ1v) is 6.26. The van der Waals surface area contributed by atoms with E-state index in [0.29, 0.717) is 30.3 Å². The number of rotatable bonds is 1. The van der Waals surface area contributed by atoms with Crippen molar-refractivity contribution in [2.45, 2.75) is 13.0 Å². The van der Waals surface area contributed by atoms with Gasteiger partial charge in [0.25, 0.3) is 0 Å². The predicted molar refractivity (Wildman–Crippen MR) is 67.4 cm³/mol. The van der Waals surface area contributed by atoms with Crippen LogP contribution in [0.15, 0.2) is 12.1 Å². The molecule has 6 heteroatoms. The molecule has 1 saturated heterocycles. The van der Waals surface area contributed by atoms with E-state index in [9.17, 15) is 9.18 Å². The molecule has 1 fully saturated rings. The van der Waals surface area contributed by atoms with Crippen molar-refractivity contribution in [3.8, 4) is 0 Å². The molecule has 0 aliphatic carbocycles. The number of carbonyl (C=O) groups excluding carboxylic acids is 1. The summed E-state index contributed by atoms with van der Waals surface area (Å²) in [7, 11) is 0. The van der Waals surface area contributed by atoms with Gasteiger partial charge in [0.1, 0.15) is 11.9 Å². The summed E-state index contributed by atoms with van der Waals surface area (Å²) in [6.07, 6.45) is -0.415. The summed E-state index contributed by atoms with van der Waals surface area (Å²) in [4.78, 5) is 13.0. The molecule has 1 aromatic rings. The second-order valence-corrected chi connectivity index (χ2v) is 4.93. The summed E-state index contributed by atoms with van der Waals surface area (Å²) < 4.78 is 19.0. The highest BCUT2D eigenvalue weighted by molar-refractivity contribution is 6.35. The van der Waals surface area contributed by atoms with E-state index in [4.69, 9.17) is 27.9 Å². The quantitative estimate of drug-likeness (QED) is 0.745. The number of benzene rings is 1. The van der Waals surface area contributed by atoms with Crippen LogP contribution >= 0.6 is 23.2 Å². The SMILES string of the molecule is CC(=O)N1CCO[C@@H](c2cc(F)c(Cl)cc2Cl)C1. The lowest BCUT2D eigenvalue weighted by atomic mass is 10.1. The number of carbonyl (C=O) groups is 1. The van der Waals surface area contributed by atoms with Crippen LogP contribution in [0.2, 0.25) is 10.0 Å². The molecular formula is C12H12Cl2FNO2. The summed E-state index contributed by atoms with van der Waals surface area (Å²) >= 11 is 11.7. The van der Waals surface area contributed by atoms with Crippen LogP contribution in [0.5, 0.6) is 0 Å². The van der Waals surface area contributed by atoms with Gasteiger partial charge < -0.3 is 9.64 Å². The molecule has 1 heterocycles. The Morgan fingerprint density at radius 3 is 2.83 bits per heavy atom. The maximum absolute atomic E-state index is 13.4. The first kappa shape index (κ1) is 13.6. The summed E-state index contributed by atoms with van der Waals surface area (Å²) in [6, 6.07) is 2.61. The van der Waals surface area contributed by atoms with Gasteiger partial charge in [-0.15, -0.1) is 0 Å². The van der Waals surface area contributed by atoms with Gasteiger partial charge in [-0.2, -0.15) is 0 Å². The van der Waals surface area contributed by atoms with E-state index < -0.39 is 11.9 Å². The third kappa shape index (κ3) is 2.76. The smallest absolute Gasteiger partial charge is 0.219 e. The van der Waals surface area contributed by atoms with Gasteiger partial charge in [-0.05, 0) is 12.1 Å². The number of amides is 1. The standard InChI is InChI=1S/C12H12Cl2FNO2/c1-7(17)16-2-3-18-12(6-16)8-4-11(15)10(14)5-9(8)13/h4-5,12H,2-3,6H2,1H3/t12-/m1/s1. The fourth-order valence-corrected chi connectivity index (χ4v) is 2.41. The van der Waals surface area contributed by atoms with Crippen LogP contribution in [0.3, 0.4) is 0 Å². The van der Waals surface area contributed by atoms with Crippen LogP contribution in [-0.2, 0) is 9.53 Å². The van der Waals surface area contributed by atoms with Crippen molar-refractivity contribution >= 4 is 29.1 Å². The van der Waals surface area contributed by atoms with Crippen molar-refractivity contribution in [3.05, 3.63) is 33.6 Å². The fraction of sp³-hybridized carbons (Fsp3) is 0.417. The molecule has 0 saturated carbocycles. The van der Waals surface area contributed by atoms with E-state index in [1.807, 2.05) is 0 Å². The van der Waals surface area contributed by atoms with Gasteiger partial charge in [-0.3, -0.25) is 4.79 Å².